The molecule has 1 aliphatic rings. The molecule has 0 fully saturated rings. The van der Waals surface area contributed by atoms with Crippen LogP contribution in [0.5, 0.6) is 0 Å². The van der Waals surface area contributed by atoms with E-state index in [1.807, 2.05) is 41.0 Å². The van der Waals surface area contributed by atoms with Gasteiger partial charge in [-0.25, -0.2) is 0 Å². The molecule has 1 aliphatic heterocycles. The van der Waals surface area contributed by atoms with E-state index in [4.69, 9.17) is 34.6 Å². The number of rotatable bonds is 3. The van der Waals surface area contributed by atoms with Gasteiger partial charge < -0.3 is 5.11 Å². The molecule has 152 valence electrons. The maximum Gasteiger partial charge on any atom is 0.159 e. The first-order chi connectivity index (χ1) is 14.5. The average molecular weight is 439 g/mol. The highest BCUT2D eigenvalue weighted by Gasteiger charge is 2.19. The van der Waals surface area contributed by atoms with Gasteiger partial charge in [-0.3, -0.25) is 9.56 Å². The van der Waals surface area contributed by atoms with Crippen LogP contribution in [-0.2, 0) is 6.54 Å². The number of hydrogen-bond donors (Lipinski definition) is 1. The summed E-state index contributed by atoms with van der Waals surface area (Å²) in [5.41, 5.74) is 4.07. The minimum atomic E-state index is -1.15. The van der Waals surface area contributed by atoms with Crippen LogP contribution in [0.1, 0.15) is 30.3 Å². The molecule has 1 N–H and O–H groups in total. The lowest BCUT2D eigenvalue weighted by molar-refractivity contribution is 0.149. The van der Waals surface area contributed by atoms with Crippen LogP contribution >= 0.6 is 23.2 Å². The largest absolute Gasteiger partial charge is 0.374 e. The van der Waals surface area contributed by atoms with E-state index in [-0.39, 0.29) is 0 Å². The Morgan fingerprint density at radius 2 is 2.03 bits per heavy atom. The quantitative estimate of drug-likeness (QED) is 0.598. The summed E-state index contributed by atoms with van der Waals surface area (Å²) in [4.78, 5) is 4.72. The molecule has 0 saturated heterocycles. The summed E-state index contributed by atoms with van der Waals surface area (Å²) in [7, 11) is 0. The third-order valence-corrected chi connectivity index (χ3v) is 5.01. The molecule has 0 aliphatic carbocycles. The first-order valence-corrected chi connectivity index (χ1v) is 10.1. The Morgan fingerprint density at radius 3 is 2.67 bits per heavy atom. The van der Waals surface area contributed by atoms with Crippen molar-refractivity contribution in [3.8, 4) is 18.0 Å². The van der Waals surface area contributed by atoms with Crippen molar-refractivity contribution in [1.29, 1.82) is 0 Å². The average Bonchev–Trinajstić information content (AvgIpc) is 3.18. The van der Waals surface area contributed by atoms with E-state index in [0.717, 1.165) is 28.4 Å². The monoisotopic (exact) mass is 438 g/mol. The zero-order valence-electron chi connectivity index (χ0n) is 16.3. The van der Waals surface area contributed by atoms with Crippen molar-refractivity contribution < 1.29 is 5.11 Å². The lowest BCUT2D eigenvalue weighted by atomic mass is 10.0. The molecule has 5 nitrogen and oxygen atoms in total. The molecule has 1 atom stereocenters. The van der Waals surface area contributed by atoms with Gasteiger partial charge in [-0.1, -0.05) is 66.4 Å². The van der Waals surface area contributed by atoms with Crippen LogP contribution < -0.4 is 0 Å². The van der Waals surface area contributed by atoms with Gasteiger partial charge in [0, 0.05) is 21.7 Å². The first kappa shape index (κ1) is 21.8. The molecule has 0 radical (unpaired) electrons. The SMILES string of the molecule is C#CC(O)(/C=C/Cl)CC.Clc1ccc2c(c1)C(c1ccccc1)=NCc1nncn1-2. The van der Waals surface area contributed by atoms with Gasteiger partial charge in [0.05, 0.1) is 11.4 Å². The smallest absolute Gasteiger partial charge is 0.159 e. The third kappa shape index (κ3) is 4.80. The molecule has 0 saturated carbocycles. The minimum Gasteiger partial charge on any atom is -0.374 e. The number of terminal acetylenes is 1. The molecule has 7 heteroatoms. The number of halogens is 2. The minimum absolute atomic E-state index is 0.479. The number of fused-ring (bicyclic) bond motifs is 3. The van der Waals surface area contributed by atoms with Gasteiger partial charge in [0.15, 0.2) is 5.82 Å². The summed E-state index contributed by atoms with van der Waals surface area (Å²) < 4.78 is 1.96. The molecular weight excluding hydrogens is 419 g/mol. The number of hydrogen-bond acceptors (Lipinski definition) is 4. The zero-order chi connectivity index (χ0) is 21.6. The maximum absolute atomic E-state index is 9.22. The second kappa shape index (κ2) is 9.73. The highest BCUT2D eigenvalue weighted by atomic mass is 35.5. The normalized spacial score (nSPS) is 14.3. The Morgan fingerprint density at radius 1 is 1.27 bits per heavy atom. The summed E-state index contributed by atoms with van der Waals surface area (Å²) >= 11 is 11.4. The predicted molar refractivity (Wildman–Crippen MR) is 121 cm³/mol. The van der Waals surface area contributed by atoms with Crippen molar-refractivity contribution >= 4 is 28.9 Å². The third-order valence-electron chi connectivity index (χ3n) is 4.65. The number of benzene rings is 2. The Labute approximate surface area is 185 Å². The van der Waals surface area contributed by atoms with E-state index in [1.54, 1.807) is 13.3 Å². The van der Waals surface area contributed by atoms with Crippen LogP contribution in [0.4, 0.5) is 0 Å². The molecule has 2 heterocycles. The van der Waals surface area contributed by atoms with Gasteiger partial charge in [0.2, 0.25) is 0 Å². The Bertz CT molecular complexity index is 1120. The van der Waals surface area contributed by atoms with Crippen LogP contribution in [0.3, 0.4) is 0 Å². The fraction of sp³-hybridized carbons (Fsp3) is 0.174. The van der Waals surface area contributed by atoms with Crippen molar-refractivity contribution in [2.24, 2.45) is 4.99 Å². The Hall–Kier alpha value is -2.91. The summed E-state index contributed by atoms with van der Waals surface area (Å²) in [6, 6.07) is 15.9. The van der Waals surface area contributed by atoms with E-state index < -0.39 is 5.60 Å². The summed E-state index contributed by atoms with van der Waals surface area (Å²) in [5, 5.41) is 18.0. The van der Waals surface area contributed by atoms with Gasteiger partial charge in [-0.05, 0) is 30.7 Å². The van der Waals surface area contributed by atoms with Crippen LogP contribution in [0, 0.1) is 12.3 Å². The van der Waals surface area contributed by atoms with Gasteiger partial charge >= 0.3 is 0 Å². The molecular formula is C23H20Cl2N4O. The van der Waals surface area contributed by atoms with Gasteiger partial charge in [-0.15, -0.1) is 16.6 Å². The topological polar surface area (TPSA) is 63.3 Å². The molecule has 3 aromatic rings. The van der Waals surface area contributed by atoms with Crippen molar-refractivity contribution in [2.75, 3.05) is 0 Å². The van der Waals surface area contributed by atoms with E-state index in [1.165, 1.54) is 11.6 Å². The van der Waals surface area contributed by atoms with Crippen molar-refractivity contribution in [3.63, 3.8) is 0 Å². The standard InChI is InChI=1S/C16H11ClN4.C7H9ClO/c17-12-6-7-14-13(8-12)16(11-4-2-1-3-5-11)18-9-15-20-19-10-21(14)15;1-3-7(9,4-2)5-6-8/h1-8,10H,9H2;1,5-6,9H,4H2,2H3/b;6-5+. The van der Waals surface area contributed by atoms with Crippen molar-refractivity contribution in [1.82, 2.24) is 14.8 Å². The lowest BCUT2D eigenvalue weighted by Crippen LogP contribution is -2.20. The summed E-state index contributed by atoms with van der Waals surface area (Å²) in [5.74, 6) is 3.04. The summed E-state index contributed by atoms with van der Waals surface area (Å²) in [6.45, 7) is 2.28. The maximum atomic E-state index is 9.22. The van der Waals surface area contributed by atoms with E-state index in [2.05, 4.69) is 28.3 Å². The van der Waals surface area contributed by atoms with E-state index in [0.29, 0.717) is 18.0 Å². The highest BCUT2D eigenvalue weighted by molar-refractivity contribution is 6.31. The predicted octanol–water partition coefficient (Wildman–Crippen LogP) is 4.78. The molecule has 0 spiro atoms. The molecule has 1 unspecified atom stereocenters. The van der Waals surface area contributed by atoms with Crippen molar-refractivity contribution in [2.45, 2.75) is 25.5 Å². The van der Waals surface area contributed by atoms with Crippen LogP contribution in [0.15, 0.2) is 71.5 Å². The summed E-state index contributed by atoms with van der Waals surface area (Å²) in [6.07, 6.45) is 8.57. The Kier molecular flexibility index (Phi) is 7.07. The molecule has 30 heavy (non-hydrogen) atoms. The van der Waals surface area contributed by atoms with E-state index in [9.17, 15) is 5.11 Å². The van der Waals surface area contributed by atoms with Crippen molar-refractivity contribution in [3.05, 3.63) is 88.4 Å². The fourth-order valence-corrected chi connectivity index (χ4v) is 3.31. The molecule has 2 aromatic carbocycles. The van der Waals surface area contributed by atoms with Crippen LogP contribution in [0.2, 0.25) is 5.02 Å². The molecule has 0 amide bonds. The first-order valence-electron chi connectivity index (χ1n) is 9.28. The number of aromatic nitrogens is 3. The van der Waals surface area contributed by atoms with E-state index >= 15 is 0 Å². The second-order valence-corrected chi connectivity index (χ2v) is 7.21. The second-order valence-electron chi connectivity index (χ2n) is 6.52. The molecule has 4 rings (SSSR count). The molecule has 0 bridgehead atoms. The number of aliphatic hydroxyl groups is 1. The van der Waals surface area contributed by atoms with Crippen LogP contribution in [-0.4, -0.2) is 31.2 Å². The lowest BCUT2D eigenvalue weighted by Gasteiger charge is -2.12. The van der Waals surface area contributed by atoms with Gasteiger partial charge in [0.1, 0.15) is 18.5 Å². The van der Waals surface area contributed by atoms with Crippen LogP contribution in [0.25, 0.3) is 5.69 Å². The Balaban J connectivity index is 0.000000244. The van der Waals surface area contributed by atoms with Gasteiger partial charge in [-0.2, -0.15) is 0 Å². The number of aliphatic imine (C=N–C) groups is 1. The number of nitrogens with zero attached hydrogens (tertiary/aromatic N) is 4. The fourth-order valence-electron chi connectivity index (χ4n) is 2.93. The zero-order valence-corrected chi connectivity index (χ0v) is 17.8. The highest BCUT2D eigenvalue weighted by Crippen LogP contribution is 2.26. The van der Waals surface area contributed by atoms with Gasteiger partial charge in [0.25, 0.3) is 0 Å². The molecule has 1 aromatic heterocycles.